The highest BCUT2D eigenvalue weighted by molar-refractivity contribution is 5.86. The molecular formula is C14H24N4O2. The van der Waals surface area contributed by atoms with Gasteiger partial charge in [0.25, 0.3) is 0 Å². The van der Waals surface area contributed by atoms with Crippen LogP contribution in [-0.4, -0.2) is 54.6 Å². The smallest absolute Gasteiger partial charge is 0.358 e. The Hall–Kier alpha value is -1.69. The molecule has 0 aromatic carbocycles. The normalized spacial score (nSPS) is 12.6. The molecule has 0 fully saturated rings. The fourth-order valence-corrected chi connectivity index (χ4v) is 2.01. The number of anilines is 1. The zero-order chi connectivity index (χ0) is 15.1. The molecule has 1 unspecified atom stereocenters. The van der Waals surface area contributed by atoms with Crippen LogP contribution in [-0.2, 0) is 4.74 Å². The summed E-state index contributed by atoms with van der Waals surface area (Å²) in [4.78, 5) is 21.7. The Labute approximate surface area is 120 Å². The van der Waals surface area contributed by atoms with Gasteiger partial charge in [0.05, 0.1) is 19.5 Å². The van der Waals surface area contributed by atoms with Gasteiger partial charge < -0.3 is 15.0 Å². The monoisotopic (exact) mass is 280 g/mol. The van der Waals surface area contributed by atoms with Gasteiger partial charge in [0, 0.05) is 12.6 Å². The third kappa shape index (κ3) is 5.52. The molecule has 112 valence electrons. The van der Waals surface area contributed by atoms with Crippen molar-refractivity contribution in [1.29, 1.82) is 0 Å². The summed E-state index contributed by atoms with van der Waals surface area (Å²) in [5, 5.41) is 3.36. The van der Waals surface area contributed by atoms with Crippen molar-refractivity contribution in [1.82, 2.24) is 14.9 Å². The predicted octanol–water partition coefficient (Wildman–Crippen LogP) is 1.65. The second-order valence-electron chi connectivity index (χ2n) is 5.51. The second-order valence-corrected chi connectivity index (χ2v) is 5.51. The van der Waals surface area contributed by atoms with E-state index in [0.717, 1.165) is 13.0 Å². The van der Waals surface area contributed by atoms with E-state index in [1.54, 1.807) is 6.20 Å². The molecule has 0 bridgehead atoms. The van der Waals surface area contributed by atoms with E-state index in [1.807, 2.05) is 14.1 Å². The molecule has 0 amide bonds. The summed E-state index contributed by atoms with van der Waals surface area (Å²) in [7, 11) is 5.41. The third-order valence-electron chi connectivity index (χ3n) is 2.74. The molecule has 1 heterocycles. The van der Waals surface area contributed by atoms with Gasteiger partial charge in [-0.2, -0.15) is 0 Å². The predicted molar refractivity (Wildman–Crippen MR) is 78.8 cm³/mol. The van der Waals surface area contributed by atoms with Gasteiger partial charge in [0.15, 0.2) is 5.69 Å². The van der Waals surface area contributed by atoms with E-state index in [1.165, 1.54) is 13.3 Å². The average Bonchev–Trinajstić information content (AvgIpc) is 2.37. The molecule has 0 aliphatic rings. The van der Waals surface area contributed by atoms with Crippen molar-refractivity contribution in [2.45, 2.75) is 26.3 Å². The number of hydrogen-bond acceptors (Lipinski definition) is 6. The number of rotatable bonds is 7. The van der Waals surface area contributed by atoms with E-state index >= 15 is 0 Å². The van der Waals surface area contributed by atoms with Crippen LogP contribution in [0.5, 0.6) is 0 Å². The van der Waals surface area contributed by atoms with E-state index < -0.39 is 5.97 Å². The number of aromatic nitrogens is 2. The molecule has 1 aromatic heterocycles. The molecule has 6 heteroatoms. The number of hydrogen-bond donors (Lipinski definition) is 1. The van der Waals surface area contributed by atoms with Crippen molar-refractivity contribution in [3.63, 3.8) is 0 Å². The first-order chi connectivity index (χ1) is 9.42. The molecule has 6 nitrogen and oxygen atoms in total. The first-order valence-corrected chi connectivity index (χ1v) is 6.74. The molecule has 0 saturated heterocycles. The van der Waals surface area contributed by atoms with Crippen LogP contribution in [0.3, 0.4) is 0 Å². The van der Waals surface area contributed by atoms with Crippen molar-refractivity contribution in [3.8, 4) is 0 Å². The fraction of sp³-hybridized carbons (Fsp3) is 0.643. The zero-order valence-electron chi connectivity index (χ0n) is 12.9. The second kappa shape index (κ2) is 7.79. The number of nitrogens with zero attached hydrogens (tertiary/aromatic N) is 3. The lowest BCUT2D eigenvalue weighted by molar-refractivity contribution is 0.0593. The first-order valence-electron chi connectivity index (χ1n) is 6.74. The summed E-state index contributed by atoms with van der Waals surface area (Å²) in [6.45, 7) is 5.30. The molecule has 0 aliphatic heterocycles. The Balaban J connectivity index is 2.70. The van der Waals surface area contributed by atoms with Gasteiger partial charge in [-0.1, -0.05) is 13.8 Å². The molecule has 0 spiro atoms. The lowest BCUT2D eigenvalue weighted by Gasteiger charge is -2.24. The Morgan fingerprint density at radius 3 is 2.50 bits per heavy atom. The summed E-state index contributed by atoms with van der Waals surface area (Å²) < 4.78 is 4.59. The highest BCUT2D eigenvalue weighted by Gasteiger charge is 2.13. The van der Waals surface area contributed by atoms with Gasteiger partial charge >= 0.3 is 5.97 Å². The minimum absolute atomic E-state index is 0.214. The minimum Gasteiger partial charge on any atom is -0.464 e. The maximum Gasteiger partial charge on any atom is 0.358 e. The summed E-state index contributed by atoms with van der Waals surface area (Å²) in [5.74, 6) is 0.788. The number of ether oxygens (including phenoxy) is 1. The van der Waals surface area contributed by atoms with Gasteiger partial charge in [-0.15, -0.1) is 0 Å². The van der Waals surface area contributed by atoms with Crippen LogP contribution in [0, 0.1) is 5.92 Å². The molecule has 1 aromatic rings. The highest BCUT2D eigenvalue weighted by Crippen LogP contribution is 2.11. The Kier molecular flexibility index (Phi) is 6.38. The Morgan fingerprint density at radius 1 is 1.35 bits per heavy atom. The van der Waals surface area contributed by atoms with Crippen molar-refractivity contribution in [2.75, 3.05) is 33.1 Å². The van der Waals surface area contributed by atoms with Gasteiger partial charge in [0.1, 0.15) is 5.82 Å². The standard InChI is InChI=1S/C14H24N4O2/c1-10(2)6-11(9-18(3)4)17-13-8-15-12(7-16-13)14(19)20-5/h7-8,10-11H,6,9H2,1-5H3,(H,16,17). The number of likely N-dealkylation sites (N-methyl/N-ethyl adjacent to an activating group) is 1. The Morgan fingerprint density at radius 2 is 2.05 bits per heavy atom. The summed E-state index contributed by atoms with van der Waals surface area (Å²) >= 11 is 0. The van der Waals surface area contributed by atoms with E-state index in [9.17, 15) is 4.79 Å². The van der Waals surface area contributed by atoms with Gasteiger partial charge in [0.2, 0.25) is 0 Å². The molecule has 20 heavy (non-hydrogen) atoms. The molecular weight excluding hydrogens is 256 g/mol. The van der Waals surface area contributed by atoms with E-state index in [-0.39, 0.29) is 5.69 Å². The molecule has 1 N–H and O–H groups in total. The molecule has 0 radical (unpaired) electrons. The van der Waals surface area contributed by atoms with Crippen LogP contribution < -0.4 is 5.32 Å². The minimum atomic E-state index is -0.476. The van der Waals surface area contributed by atoms with Crippen molar-refractivity contribution < 1.29 is 9.53 Å². The number of esters is 1. The topological polar surface area (TPSA) is 67.3 Å². The number of carbonyl (C=O) groups excluding carboxylic acids is 1. The fourth-order valence-electron chi connectivity index (χ4n) is 2.01. The van der Waals surface area contributed by atoms with Crippen LogP contribution in [0.15, 0.2) is 12.4 Å². The molecule has 1 atom stereocenters. The van der Waals surface area contributed by atoms with Crippen LogP contribution in [0.1, 0.15) is 30.8 Å². The van der Waals surface area contributed by atoms with Gasteiger partial charge in [-0.3, -0.25) is 0 Å². The van der Waals surface area contributed by atoms with Crippen molar-refractivity contribution in [3.05, 3.63) is 18.1 Å². The molecule has 0 saturated carbocycles. The SMILES string of the molecule is COC(=O)c1cnc(NC(CC(C)C)CN(C)C)cn1. The quantitative estimate of drug-likeness (QED) is 0.766. The molecule has 1 rings (SSSR count). The maximum atomic E-state index is 11.3. The van der Waals surface area contributed by atoms with Crippen LogP contribution >= 0.6 is 0 Å². The van der Waals surface area contributed by atoms with Crippen LogP contribution in [0.25, 0.3) is 0 Å². The zero-order valence-corrected chi connectivity index (χ0v) is 12.9. The van der Waals surface area contributed by atoms with Crippen LogP contribution in [0.4, 0.5) is 5.82 Å². The third-order valence-corrected chi connectivity index (χ3v) is 2.74. The van der Waals surface area contributed by atoms with Crippen molar-refractivity contribution in [2.24, 2.45) is 5.92 Å². The largest absolute Gasteiger partial charge is 0.464 e. The van der Waals surface area contributed by atoms with E-state index in [0.29, 0.717) is 17.8 Å². The summed E-state index contributed by atoms with van der Waals surface area (Å²) in [6, 6.07) is 0.295. The number of methoxy groups -OCH3 is 1. The maximum absolute atomic E-state index is 11.3. The van der Waals surface area contributed by atoms with Gasteiger partial charge in [-0.05, 0) is 26.4 Å². The lowest BCUT2D eigenvalue weighted by atomic mass is 10.0. The average molecular weight is 280 g/mol. The number of nitrogens with one attached hydrogen (secondary N) is 1. The van der Waals surface area contributed by atoms with E-state index in [2.05, 4.69) is 38.8 Å². The van der Waals surface area contributed by atoms with E-state index in [4.69, 9.17) is 0 Å². The van der Waals surface area contributed by atoms with Crippen LogP contribution in [0.2, 0.25) is 0 Å². The number of carbonyl (C=O) groups is 1. The first kappa shape index (κ1) is 16.4. The summed E-state index contributed by atoms with van der Waals surface area (Å²) in [6.07, 6.45) is 4.03. The van der Waals surface area contributed by atoms with Gasteiger partial charge in [-0.25, -0.2) is 14.8 Å². The molecule has 0 aliphatic carbocycles. The lowest BCUT2D eigenvalue weighted by Crippen LogP contribution is -2.33. The Bertz CT molecular complexity index is 408. The highest BCUT2D eigenvalue weighted by atomic mass is 16.5. The summed E-state index contributed by atoms with van der Waals surface area (Å²) in [5.41, 5.74) is 0.214. The van der Waals surface area contributed by atoms with Crippen molar-refractivity contribution >= 4 is 11.8 Å².